The van der Waals surface area contributed by atoms with Crippen LogP contribution >= 0.6 is 0 Å². The number of rotatable bonds is 3. The van der Waals surface area contributed by atoms with Crippen molar-refractivity contribution in [1.29, 1.82) is 0 Å². The largest absolute Gasteiger partial charge is 0.492 e. The summed E-state index contributed by atoms with van der Waals surface area (Å²) in [4.78, 5) is 19.4. The van der Waals surface area contributed by atoms with Gasteiger partial charge in [-0.3, -0.25) is 4.79 Å². The Bertz CT molecular complexity index is 1030. The zero-order chi connectivity index (χ0) is 20.9. The lowest BCUT2D eigenvalue weighted by atomic mass is 9.73. The maximum atomic E-state index is 13.1. The highest BCUT2D eigenvalue weighted by atomic mass is 16.5. The summed E-state index contributed by atoms with van der Waals surface area (Å²) in [5.74, 6) is 0.816. The molecule has 1 spiro atoms. The number of carbonyl (C=O) groups is 1. The van der Waals surface area contributed by atoms with Crippen molar-refractivity contribution in [3.05, 3.63) is 64.3 Å². The maximum Gasteiger partial charge on any atom is 0.489 e. The lowest BCUT2D eigenvalue weighted by Crippen LogP contribution is -2.46. The lowest BCUT2D eigenvalue weighted by Gasteiger charge is -2.38. The zero-order valence-electron chi connectivity index (χ0n) is 16.7. The first-order valence-corrected chi connectivity index (χ1v) is 10.3. The number of fused-ring (bicyclic) bond motifs is 3. The molecule has 4 N–H and O–H groups in total. The summed E-state index contributed by atoms with van der Waals surface area (Å²) in [6, 6.07) is 6.15. The van der Waals surface area contributed by atoms with E-state index in [1.165, 1.54) is 5.56 Å². The normalized spacial score (nSPS) is 21.2. The summed E-state index contributed by atoms with van der Waals surface area (Å²) in [6.07, 6.45) is 7.43. The van der Waals surface area contributed by atoms with Gasteiger partial charge in [-0.25, -0.2) is 4.99 Å². The molecule has 0 radical (unpaired) electrons. The molecule has 0 unspecified atom stereocenters. The molecular weight excluding hydrogens is 381 g/mol. The summed E-state index contributed by atoms with van der Waals surface area (Å²) >= 11 is 0. The summed E-state index contributed by atoms with van der Waals surface area (Å²) < 4.78 is 5.95. The van der Waals surface area contributed by atoms with Crippen molar-refractivity contribution in [3.8, 4) is 5.75 Å². The molecule has 154 valence electrons. The molecule has 8 heteroatoms. The Morgan fingerprint density at radius 3 is 2.83 bits per heavy atom. The Balaban J connectivity index is 1.33. The highest BCUT2D eigenvalue weighted by Crippen LogP contribution is 2.46. The van der Waals surface area contributed by atoms with Crippen molar-refractivity contribution in [2.45, 2.75) is 31.2 Å². The van der Waals surface area contributed by atoms with Crippen molar-refractivity contribution >= 4 is 18.7 Å². The van der Waals surface area contributed by atoms with Crippen molar-refractivity contribution in [2.24, 2.45) is 10.7 Å². The van der Waals surface area contributed by atoms with E-state index in [1.807, 2.05) is 23.1 Å². The van der Waals surface area contributed by atoms with E-state index in [4.69, 9.17) is 10.5 Å². The summed E-state index contributed by atoms with van der Waals surface area (Å²) in [7, 11) is -1.58. The number of hydrogen-bond donors (Lipinski definition) is 3. The number of carbonyl (C=O) groups excluding carboxylic acids is 1. The number of piperidine rings is 1. The molecule has 1 aliphatic carbocycles. The molecule has 0 aromatic heterocycles. The van der Waals surface area contributed by atoms with Crippen molar-refractivity contribution in [1.82, 2.24) is 4.90 Å². The van der Waals surface area contributed by atoms with Crippen molar-refractivity contribution in [2.75, 3.05) is 19.7 Å². The van der Waals surface area contributed by atoms with Crippen LogP contribution in [0.1, 0.15) is 30.4 Å². The van der Waals surface area contributed by atoms with Gasteiger partial charge in [0.05, 0.1) is 12.3 Å². The second kappa shape index (κ2) is 7.23. The number of nitrogens with two attached hydrogens (primary N) is 1. The number of hydrogen-bond acceptors (Lipinski definition) is 6. The molecule has 3 aliphatic heterocycles. The van der Waals surface area contributed by atoms with Crippen molar-refractivity contribution < 1.29 is 19.6 Å². The summed E-state index contributed by atoms with van der Waals surface area (Å²) in [5.41, 5.74) is 10.2. The van der Waals surface area contributed by atoms with Gasteiger partial charge in [0.2, 0.25) is 0 Å². The number of benzene rings is 1. The van der Waals surface area contributed by atoms with Crippen LogP contribution in [0.15, 0.2) is 58.2 Å². The second-order valence-corrected chi connectivity index (χ2v) is 8.33. The van der Waals surface area contributed by atoms with E-state index < -0.39 is 7.12 Å². The van der Waals surface area contributed by atoms with Crippen LogP contribution in [0.4, 0.5) is 0 Å². The van der Waals surface area contributed by atoms with E-state index in [-0.39, 0.29) is 11.3 Å². The van der Waals surface area contributed by atoms with Gasteiger partial charge in [-0.1, -0.05) is 24.3 Å². The molecule has 1 amide bonds. The van der Waals surface area contributed by atoms with Gasteiger partial charge in [-0.2, -0.15) is 0 Å². The van der Waals surface area contributed by atoms with Gasteiger partial charge in [0, 0.05) is 37.0 Å². The lowest BCUT2D eigenvalue weighted by molar-refractivity contribution is -0.128. The van der Waals surface area contributed by atoms with Crippen LogP contribution in [0.25, 0.3) is 0 Å². The topological polar surface area (TPSA) is 108 Å². The Hall–Kier alpha value is -2.68. The van der Waals surface area contributed by atoms with Gasteiger partial charge in [-0.15, -0.1) is 0 Å². The number of aliphatic imine (C=N–C) groups is 1. The Kier molecular flexibility index (Phi) is 4.65. The van der Waals surface area contributed by atoms with E-state index in [2.05, 4.69) is 11.1 Å². The van der Waals surface area contributed by atoms with Crippen LogP contribution < -0.4 is 10.5 Å². The third-order valence-electron chi connectivity index (χ3n) is 6.63. The Morgan fingerprint density at radius 2 is 2.10 bits per heavy atom. The van der Waals surface area contributed by atoms with Crippen LogP contribution in [0, 0.1) is 0 Å². The fourth-order valence-electron chi connectivity index (χ4n) is 4.84. The van der Waals surface area contributed by atoms with Crippen LogP contribution in [0.5, 0.6) is 5.75 Å². The number of allylic oxidation sites excluding steroid dienone is 5. The van der Waals surface area contributed by atoms with Crippen molar-refractivity contribution in [3.63, 3.8) is 0 Å². The van der Waals surface area contributed by atoms with Gasteiger partial charge in [-0.05, 0) is 41.6 Å². The average Bonchev–Trinajstić information content (AvgIpc) is 3.35. The van der Waals surface area contributed by atoms with E-state index in [1.54, 1.807) is 12.2 Å². The molecule has 7 nitrogen and oxygen atoms in total. The van der Waals surface area contributed by atoms with E-state index in [9.17, 15) is 14.8 Å². The third kappa shape index (κ3) is 3.03. The smallest absolute Gasteiger partial charge is 0.489 e. The van der Waals surface area contributed by atoms with Gasteiger partial charge in [0.25, 0.3) is 5.91 Å². The molecule has 1 aromatic rings. The molecule has 30 heavy (non-hydrogen) atoms. The number of amides is 1. The van der Waals surface area contributed by atoms with Gasteiger partial charge in [0.1, 0.15) is 11.4 Å². The first-order valence-electron chi connectivity index (χ1n) is 10.3. The number of likely N-dealkylation sites (tertiary alicyclic amines) is 1. The minimum Gasteiger partial charge on any atom is -0.492 e. The first kappa shape index (κ1) is 19.3. The van der Waals surface area contributed by atoms with Gasteiger partial charge in [0.15, 0.2) is 0 Å². The number of nitrogens with zero attached hydrogens (tertiary/aromatic N) is 2. The molecule has 5 rings (SSSR count). The monoisotopic (exact) mass is 405 g/mol. The number of ether oxygens (including phenoxy) is 1. The molecule has 1 aromatic carbocycles. The molecule has 1 fully saturated rings. The summed E-state index contributed by atoms with van der Waals surface area (Å²) in [5, 5.41) is 19.2. The van der Waals surface area contributed by atoms with Crippen LogP contribution in [0.3, 0.4) is 0 Å². The molecule has 0 saturated carbocycles. The molecule has 0 bridgehead atoms. The summed E-state index contributed by atoms with van der Waals surface area (Å²) in [6.45, 7) is 2.39. The average molecular weight is 405 g/mol. The standard InChI is InChI=1S/C22H24BN3O4/c24-12-14-4-5-20-16(10-14)22(13-30-20)6-8-26(9-7-22)21(27)19-11-15-17(23(28)29)2-1-3-18(15)25-19/h1-2,4-5,10-11,28-29H,3,6-9,12-13,24H2. The molecule has 4 aliphatic rings. The fraction of sp³-hybridized carbons (Fsp3) is 0.364. The zero-order valence-corrected chi connectivity index (χ0v) is 16.7. The second-order valence-electron chi connectivity index (χ2n) is 8.33. The van der Waals surface area contributed by atoms with Gasteiger partial charge < -0.3 is 25.4 Å². The molecular formula is C22H24BN3O4. The molecule has 1 saturated heterocycles. The quantitative estimate of drug-likeness (QED) is 0.651. The minimum atomic E-state index is -1.58. The third-order valence-corrected chi connectivity index (χ3v) is 6.63. The highest BCUT2D eigenvalue weighted by Gasteiger charge is 2.44. The fourth-order valence-corrected chi connectivity index (χ4v) is 4.84. The first-order chi connectivity index (χ1) is 14.5. The Morgan fingerprint density at radius 1 is 1.30 bits per heavy atom. The van der Waals surface area contributed by atoms with E-state index in [0.29, 0.717) is 55.1 Å². The van der Waals surface area contributed by atoms with Crippen LogP contribution in [0.2, 0.25) is 0 Å². The Labute approximate surface area is 175 Å². The van der Waals surface area contributed by atoms with E-state index >= 15 is 0 Å². The minimum absolute atomic E-state index is 0.0676. The molecule has 3 heterocycles. The predicted molar refractivity (Wildman–Crippen MR) is 114 cm³/mol. The predicted octanol–water partition coefficient (Wildman–Crippen LogP) is 1.00. The van der Waals surface area contributed by atoms with E-state index in [0.717, 1.165) is 24.2 Å². The van der Waals surface area contributed by atoms with Crippen LogP contribution in [-0.4, -0.2) is 53.4 Å². The SMILES string of the molecule is NCc1ccc2c(c1)C1(CCN(C(=O)C3=CC4=C(B(O)O)C=CCC4=N3)CC1)CO2. The maximum absolute atomic E-state index is 13.1. The van der Waals surface area contributed by atoms with Gasteiger partial charge >= 0.3 is 7.12 Å². The molecule has 0 atom stereocenters. The van der Waals surface area contributed by atoms with Crippen LogP contribution in [-0.2, 0) is 16.8 Å². The highest BCUT2D eigenvalue weighted by molar-refractivity contribution is 6.53.